The smallest absolute Gasteiger partial charge is 0.412 e. The van der Waals surface area contributed by atoms with Crippen molar-refractivity contribution in [2.24, 2.45) is 11.8 Å². The minimum Gasteiger partial charge on any atom is -0.481 e. The van der Waals surface area contributed by atoms with Gasteiger partial charge in [-0.25, -0.2) is 4.79 Å². The summed E-state index contributed by atoms with van der Waals surface area (Å²) in [6, 6.07) is 16.4. The number of aliphatic carboxylic acids is 1. The summed E-state index contributed by atoms with van der Waals surface area (Å²) in [5.41, 5.74) is 4.69. The minimum absolute atomic E-state index is 0.0113. The van der Waals surface area contributed by atoms with Crippen molar-refractivity contribution in [3.05, 3.63) is 72.1 Å². The van der Waals surface area contributed by atoms with Crippen LogP contribution in [0.1, 0.15) is 29.9 Å². The highest BCUT2D eigenvalue weighted by molar-refractivity contribution is 5.79. The van der Waals surface area contributed by atoms with E-state index in [0.717, 1.165) is 24.0 Å². The fourth-order valence-corrected chi connectivity index (χ4v) is 4.08. The lowest BCUT2D eigenvalue weighted by Crippen LogP contribution is -2.32. The van der Waals surface area contributed by atoms with Gasteiger partial charge in [0.2, 0.25) is 0 Å². The molecule has 2 aliphatic carbocycles. The van der Waals surface area contributed by atoms with Crippen LogP contribution < -0.4 is 10.6 Å². The zero-order valence-electron chi connectivity index (χ0n) is 16.1. The third-order valence-corrected chi connectivity index (χ3v) is 5.69. The number of carbonyl (C=O) groups excluding carboxylic acids is 1. The molecule has 2 atom stereocenters. The monoisotopic (exact) mass is 392 g/mol. The van der Waals surface area contributed by atoms with Gasteiger partial charge in [0.05, 0.1) is 5.92 Å². The molecule has 3 N–H and O–H groups in total. The number of ether oxygens (including phenoxy) is 1. The van der Waals surface area contributed by atoms with Gasteiger partial charge in [-0.15, -0.1) is 0 Å². The van der Waals surface area contributed by atoms with Crippen LogP contribution >= 0.6 is 0 Å². The standard InChI is InChI=1S/C23H24N2O4/c1-14(24-11-10-15-12-20(15)22(26)27)25-23(28)29-13-21-18-8-4-2-6-16(18)17-7-3-5-9-19(17)21/h2-9,15,20-21,24H,1,10-13H2,(H,25,28)(H,26,27)/t15?,20-/m0/s1. The highest BCUT2D eigenvalue weighted by Crippen LogP contribution is 2.44. The Morgan fingerprint density at radius 1 is 1.07 bits per heavy atom. The molecule has 0 heterocycles. The van der Waals surface area contributed by atoms with Gasteiger partial charge in [0.15, 0.2) is 0 Å². The molecule has 29 heavy (non-hydrogen) atoms. The molecule has 0 bridgehead atoms. The fourth-order valence-electron chi connectivity index (χ4n) is 4.08. The summed E-state index contributed by atoms with van der Waals surface area (Å²) < 4.78 is 5.47. The van der Waals surface area contributed by atoms with Crippen LogP contribution in [-0.2, 0) is 9.53 Å². The topological polar surface area (TPSA) is 87.7 Å². The summed E-state index contributed by atoms with van der Waals surface area (Å²) in [6.07, 6.45) is 0.908. The first-order chi connectivity index (χ1) is 14.0. The molecule has 2 aliphatic rings. The SMILES string of the molecule is C=C(NCCC1C[C@@H]1C(=O)O)NC(=O)OCC1c2ccccc2-c2ccccc21. The van der Waals surface area contributed by atoms with Crippen molar-refractivity contribution < 1.29 is 19.4 Å². The summed E-state index contributed by atoms with van der Waals surface area (Å²) >= 11 is 0. The van der Waals surface area contributed by atoms with Crippen molar-refractivity contribution in [2.45, 2.75) is 18.8 Å². The fraction of sp³-hybridized carbons (Fsp3) is 0.304. The Bertz CT molecular complexity index is 910. The van der Waals surface area contributed by atoms with E-state index in [9.17, 15) is 9.59 Å². The van der Waals surface area contributed by atoms with Gasteiger partial charge >= 0.3 is 12.1 Å². The van der Waals surface area contributed by atoms with E-state index in [-0.39, 0.29) is 24.4 Å². The molecule has 0 spiro atoms. The molecule has 1 saturated carbocycles. The molecule has 0 saturated heterocycles. The summed E-state index contributed by atoms with van der Waals surface area (Å²) in [5, 5.41) is 14.5. The van der Waals surface area contributed by atoms with Crippen LogP contribution in [0.25, 0.3) is 11.1 Å². The minimum atomic E-state index is -0.731. The van der Waals surface area contributed by atoms with Gasteiger partial charge in [-0.1, -0.05) is 55.1 Å². The largest absolute Gasteiger partial charge is 0.481 e. The lowest BCUT2D eigenvalue weighted by atomic mass is 9.98. The molecule has 1 fully saturated rings. The summed E-state index contributed by atoms with van der Waals surface area (Å²) in [6.45, 7) is 4.59. The Balaban J connectivity index is 1.26. The average molecular weight is 392 g/mol. The van der Waals surface area contributed by atoms with Crippen LogP contribution in [0.5, 0.6) is 0 Å². The number of nitrogens with one attached hydrogen (secondary N) is 2. The predicted molar refractivity (Wildman–Crippen MR) is 109 cm³/mol. The van der Waals surface area contributed by atoms with E-state index in [4.69, 9.17) is 9.84 Å². The number of benzene rings is 2. The number of hydrogen-bond acceptors (Lipinski definition) is 4. The Kier molecular flexibility index (Phi) is 5.25. The maximum atomic E-state index is 12.2. The molecule has 6 nitrogen and oxygen atoms in total. The van der Waals surface area contributed by atoms with Crippen molar-refractivity contribution in [3.8, 4) is 11.1 Å². The maximum absolute atomic E-state index is 12.2. The van der Waals surface area contributed by atoms with E-state index in [1.165, 1.54) is 11.1 Å². The van der Waals surface area contributed by atoms with Crippen molar-refractivity contribution >= 4 is 12.1 Å². The Morgan fingerprint density at radius 2 is 1.69 bits per heavy atom. The molecule has 1 amide bonds. The van der Waals surface area contributed by atoms with Gasteiger partial charge in [-0.3, -0.25) is 10.1 Å². The zero-order chi connectivity index (χ0) is 20.4. The number of hydrogen-bond donors (Lipinski definition) is 3. The summed E-state index contributed by atoms with van der Waals surface area (Å²) in [5.74, 6) is -0.375. The van der Waals surface area contributed by atoms with Gasteiger partial charge in [-0.2, -0.15) is 0 Å². The molecule has 0 aromatic heterocycles. The number of rotatable bonds is 8. The number of alkyl carbamates (subject to hydrolysis) is 1. The Labute approximate surface area is 169 Å². The third kappa shape index (κ3) is 4.11. The van der Waals surface area contributed by atoms with Crippen molar-refractivity contribution in [2.75, 3.05) is 13.2 Å². The van der Waals surface area contributed by atoms with Gasteiger partial charge in [0.25, 0.3) is 0 Å². The molecule has 0 radical (unpaired) electrons. The maximum Gasteiger partial charge on any atom is 0.412 e. The second-order valence-corrected chi connectivity index (χ2v) is 7.59. The molecule has 4 rings (SSSR count). The van der Waals surface area contributed by atoms with Crippen molar-refractivity contribution in [1.29, 1.82) is 0 Å². The summed E-state index contributed by atoms with van der Waals surface area (Å²) in [7, 11) is 0. The van der Waals surface area contributed by atoms with Gasteiger partial charge in [0.1, 0.15) is 12.4 Å². The first-order valence-electron chi connectivity index (χ1n) is 9.82. The Morgan fingerprint density at radius 3 is 2.28 bits per heavy atom. The predicted octanol–water partition coefficient (Wildman–Crippen LogP) is 3.70. The number of carboxylic acid groups (broad SMARTS) is 1. The second-order valence-electron chi connectivity index (χ2n) is 7.59. The van der Waals surface area contributed by atoms with E-state index in [2.05, 4.69) is 41.5 Å². The summed E-state index contributed by atoms with van der Waals surface area (Å²) in [4.78, 5) is 23.0. The van der Waals surface area contributed by atoms with Gasteiger partial charge in [0, 0.05) is 12.5 Å². The van der Waals surface area contributed by atoms with Crippen LogP contribution in [0.3, 0.4) is 0 Å². The van der Waals surface area contributed by atoms with Crippen LogP contribution in [0.2, 0.25) is 0 Å². The van der Waals surface area contributed by atoms with E-state index in [1.54, 1.807) is 0 Å². The van der Waals surface area contributed by atoms with E-state index in [0.29, 0.717) is 12.4 Å². The van der Waals surface area contributed by atoms with Crippen molar-refractivity contribution in [1.82, 2.24) is 10.6 Å². The highest BCUT2D eigenvalue weighted by Gasteiger charge is 2.42. The lowest BCUT2D eigenvalue weighted by Gasteiger charge is -2.15. The number of fused-ring (bicyclic) bond motifs is 3. The van der Waals surface area contributed by atoms with Gasteiger partial charge in [-0.05, 0) is 41.0 Å². The number of amides is 1. The first kappa shape index (κ1) is 19.1. The molecule has 1 unspecified atom stereocenters. The van der Waals surface area contributed by atoms with Gasteiger partial charge < -0.3 is 15.2 Å². The van der Waals surface area contributed by atoms with E-state index >= 15 is 0 Å². The Hall–Kier alpha value is -3.28. The quantitative estimate of drug-likeness (QED) is 0.638. The molecule has 6 heteroatoms. The first-order valence-corrected chi connectivity index (χ1v) is 9.82. The second kappa shape index (κ2) is 7.99. The molecule has 150 valence electrons. The molecule has 0 aliphatic heterocycles. The molecular formula is C23H24N2O4. The van der Waals surface area contributed by atoms with E-state index < -0.39 is 12.1 Å². The van der Waals surface area contributed by atoms with E-state index in [1.807, 2.05) is 24.3 Å². The average Bonchev–Trinajstić information content (AvgIpc) is 3.42. The number of carboxylic acids is 1. The number of carbonyl (C=O) groups is 2. The van der Waals surface area contributed by atoms with Crippen LogP contribution in [0.15, 0.2) is 60.9 Å². The molecule has 2 aromatic rings. The molecular weight excluding hydrogens is 368 g/mol. The highest BCUT2D eigenvalue weighted by atomic mass is 16.5. The molecule has 2 aromatic carbocycles. The van der Waals surface area contributed by atoms with Crippen LogP contribution in [0, 0.1) is 11.8 Å². The van der Waals surface area contributed by atoms with Crippen molar-refractivity contribution in [3.63, 3.8) is 0 Å². The lowest BCUT2D eigenvalue weighted by molar-refractivity contribution is -0.138. The third-order valence-electron chi connectivity index (χ3n) is 5.69. The normalized spacial score (nSPS) is 19.0. The zero-order valence-corrected chi connectivity index (χ0v) is 16.1. The van der Waals surface area contributed by atoms with Crippen LogP contribution in [0.4, 0.5) is 4.79 Å². The van der Waals surface area contributed by atoms with Crippen LogP contribution in [-0.4, -0.2) is 30.3 Å².